The Kier molecular flexibility index (Phi) is 4.53. The van der Waals surface area contributed by atoms with Gasteiger partial charge in [0.15, 0.2) is 0 Å². The Hall–Kier alpha value is -2.14. The maximum absolute atomic E-state index is 11.2. The summed E-state index contributed by atoms with van der Waals surface area (Å²) in [6.45, 7) is 5.21. The molecule has 1 unspecified atom stereocenters. The zero-order chi connectivity index (χ0) is 14.5. The topological polar surface area (TPSA) is 70.1 Å². The second-order valence-electron chi connectivity index (χ2n) is 4.58. The quantitative estimate of drug-likeness (QED) is 0.876. The zero-order valence-corrected chi connectivity index (χ0v) is 11.7. The standard InChI is InChI=1S/C15H19N3O2/c1-3-20-11(2)15-17-7-8-18(15)10-12-5-4-6-13(9-12)14(16)19/h4-9,11H,3,10H2,1-2H3,(H2,16,19). The smallest absolute Gasteiger partial charge is 0.248 e. The number of carbonyl (C=O) groups excluding carboxylic acids is 1. The lowest BCUT2D eigenvalue weighted by molar-refractivity contribution is 0.0677. The van der Waals surface area contributed by atoms with Gasteiger partial charge in [0.2, 0.25) is 5.91 Å². The minimum absolute atomic E-state index is 0.0608. The molecule has 0 saturated carbocycles. The van der Waals surface area contributed by atoms with E-state index in [9.17, 15) is 4.79 Å². The Bertz CT molecular complexity index is 592. The molecule has 0 bridgehead atoms. The van der Waals surface area contributed by atoms with E-state index in [2.05, 4.69) is 4.98 Å². The van der Waals surface area contributed by atoms with Gasteiger partial charge in [-0.1, -0.05) is 12.1 Å². The summed E-state index contributed by atoms with van der Waals surface area (Å²) in [6, 6.07) is 7.31. The van der Waals surface area contributed by atoms with E-state index < -0.39 is 5.91 Å². The normalized spacial score (nSPS) is 12.3. The van der Waals surface area contributed by atoms with Crippen LogP contribution in [-0.2, 0) is 11.3 Å². The maximum Gasteiger partial charge on any atom is 0.248 e. The summed E-state index contributed by atoms with van der Waals surface area (Å²) in [4.78, 5) is 15.5. The number of carbonyl (C=O) groups is 1. The Morgan fingerprint density at radius 3 is 3.00 bits per heavy atom. The van der Waals surface area contributed by atoms with Crippen molar-refractivity contribution in [1.29, 1.82) is 0 Å². The summed E-state index contributed by atoms with van der Waals surface area (Å²) in [5.74, 6) is 0.455. The van der Waals surface area contributed by atoms with Crippen LogP contribution in [0.4, 0.5) is 0 Å². The number of imidazole rings is 1. The van der Waals surface area contributed by atoms with E-state index >= 15 is 0 Å². The van der Waals surface area contributed by atoms with Gasteiger partial charge in [0.25, 0.3) is 0 Å². The Morgan fingerprint density at radius 2 is 2.30 bits per heavy atom. The second-order valence-corrected chi connectivity index (χ2v) is 4.58. The van der Waals surface area contributed by atoms with Gasteiger partial charge in [-0.15, -0.1) is 0 Å². The van der Waals surface area contributed by atoms with E-state index in [1.54, 1.807) is 18.3 Å². The molecule has 0 saturated heterocycles. The monoisotopic (exact) mass is 273 g/mol. The van der Waals surface area contributed by atoms with Crippen LogP contribution in [0.5, 0.6) is 0 Å². The molecule has 1 aromatic heterocycles. The third-order valence-corrected chi connectivity index (χ3v) is 3.09. The second kappa shape index (κ2) is 6.34. The molecule has 2 aromatic rings. The highest BCUT2D eigenvalue weighted by atomic mass is 16.5. The van der Waals surface area contributed by atoms with Crippen LogP contribution in [0.1, 0.15) is 41.7 Å². The zero-order valence-electron chi connectivity index (χ0n) is 11.7. The predicted molar refractivity (Wildman–Crippen MR) is 76.3 cm³/mol. The number of benzene rings is 1. The predicted octanol–water partition coefficient (Wildman–Crippen LogP) is 2.13. The molecule has 106 valence electrons. The molecule has 5 nitrogen and oxygen atoms in total. The molecule has 0 aliphatic rings. The summed E-state index contributed by atoms with van der Waals surface area (Å²) in [5, 5.41) is 0. The van der Waals surface area contributed by atoms with Crippen molar-refractivity contribution in [2.45, 2.75) is 26.5 Å². The Morgan fingerprint density at radius 1 is 1.50 bits per heavy atom. The summed E-state index contributed by atoms with van der Waals surface area (Å²) in [7, 11) is 0. The molecule has 0 aliphatic heterocycles. The van der Waals surface area contributed by atoms with E-state index in [0.717, 1.165) is 11.4 Å². The van der Waals surface area contributed by atoms with Gasteiger partial charge < -0.3 is 15.0 Å². The highest BCUT2D eigenvalue weighted by Gasteiger charge is 2.12. The van der Waals surface area contributed by atoms with Gasteiger partial charge in [-0.2, -0.15) is 0 Å². The molecule has 1 heterocycles. The van der Waals surface area contributed by atoms with Gasteiger partial charge in [0.1, 0.15) is 11.9 Å². The molecule has 0 radical (unpaired) electrons. The molecule has 0 aliphatic carbocycles. The highest BCUT2D eigenvalue weighted by Crippen LogP contribution is 2.16. The average Bonchev–Trinajstić information content (AvgIpc) is 2.87. The third-order valence-electron chi connectivity index (χ3n) is 3.09. The van der Waals surface area contributed by atoms with E-state index in [-0.39, 0.29) is 6.10 Å². The first-order valence-corrected chi connectivity index (χ1v) is 6.63. The van der Waals surface area contributed by atoms with Crippen molar-refractivity contribution < 1.29 is 9.53 Å². The van der Waals surface area contributed by atoms with Crippen molar-refractivity contribution in [1.82, 2.24) is 9.55 Å². The fourth-order valence-corrected chi connectivity index (χ4v) is 2.16. The van der Waals surface area contributed by atoms with Crippen LogP contribution < -0.4 is 5.73 Å². The molecule has 1 aromatic carbocycles. The number of amides is 1. The van der Waals surface area contributed by atoms with Gasteiger partial charge in [-0.05, 0) is 31.5 Å². The van der Waals surface area contributed by atoms with E-state index in [1.807, 2.05) is 36.7 Å². The fourth-order valence-electron chi connectivity index (χ4n) is 2.16. The van der Waals surface area contributed by atoms with Gasteiger partial charge in [-0.3, -0.25) is 4.79 Å². The Balaban J connectivity index is 2.20. The van der Waals surface area contributed by atoms with Crippen LogP contribution in [0.3, 0.4) is 0 Å². The number of rotatable bonds is 6. The van der Waals surface area contributed by atoms with Crippen molar-refractivity contribution in [3.05, 3.63) is 53.6 Å². The molecule has 0 spiro atoms. The highest BCUT2D eigenvalue weighted by molar-refractivity contribution is 5.92. The lowest BCUT2D eigenvalue weighted by Crippen LogP contribution is -2.13. The van der Waals surface area contributed by atoms with Crippen LogP contribution >= 0.6 is 0 Å². The fraction of sp³-hybridized carbons (Fsp3) is 0.333. The average molecular weight is 273 g/mol. The summed E-state index contributed by atoms with van der Waals surface area (Å²) in [6.07, 6.45) is 3.60. The number of aromatic nitrogens is 2. The molecule has 5 heteroatoms. The molecule has 20 heavy (non-hydrogen) atoms. The van der Waals surface area contributed by atoms with E-state index in [1.165, 1.54) is 0 Å². The molecule has 1 atom stereocenters. The molecular formula is C15H19N3O2. The van der Waals surface area contributed by atoms with Gasteiger partial charge in [-0.25, -0.2) is 4.98 Å². The molecule has 2 N–H and O–H groups in total. The van der Waals surface area contributed by atoms with Gasteiger partial charge in [0, 0.05) is 31.1 Å². The lowest BCUT2D eigenvalue weighted by Gasteiger charge is -2.14. The van der Waals surface area contributed by atoms with E-state index in [0.29, 0.717) is 18.7 Å². The van der Waals surface area contributed by atoms with Crippen LogP contribution in [0.15, 0.2) is 36.7 Å². The van der Waals surface area contributed by atoms with Crippen LogP contribution in [0.25, 0.3) is 0 Å². The molecule has 0 fully saturated rings. The SMILES string of the molecule is CCOC(C)c1nccn1Cc1cccc(C(N)=O)c1. The van der Waals surface area contributed by atoms with Crippen LogP contribution in [-0.4, -0.2) is 22.1 Å². The molecule has 1 amide bonds. The number of nitrogens with zero attached hydrogens (tertiary/aromatic N) is 2. The maximum atomic E-state index is 11.2. The minimum atomic E-state index is -0.416. The summed E-state index contributed by atoms with van der Waals surface area (Å²) < 4.78 is 7.58. The first-order chi connectivity index (χ1) is 9.61. The van der Waals surface area contributed by atoms with Crippen molar-refractivity contribution >= 4 is 5.91 Å². The van der Waals surface area contributed by atoms with Crippen molar-refractivity contribution in [2.75, 3.05) is 6.61 Å². The number of nitrogens with two attached hydrogens (primary N) is 1. The number of primary amides is 1. The molecular weight excluding hydrogens is 254 g/mol. The van der Waals surface area contributed by atoms with Gasteiger partial charge in [0.05, 0.1) is 0 Å². The third kappa shape index (κ3) is 3.24. The van der Waals surface area contributed by atoms with Crippen molar-refractivity contribution in [2.24, 2.45) is 5.73 Å². The minimum Gasteiger partial charge on any atom is -0.371 e. The number of ether oxygens (including phenoxy) is 1. The number of hydrogen-bond acceptors (Lipinski definition) is 3. The molecule has 2 rings (SSSR count). The van der Waals surface area contributed by atoms with Crippen LogP contribution in [0, 0.1) is 0 Å². The largest absolute Gasteiger partial charge is 0.371 e. The number of hydrogen-bond donors (Lipinski definition) is 1. The van der Waals surface area contributed by atoms with Crippen molar-refractivity contribution in [3.63, 3.8) is 0 Å². The first-order valence-electron chi connectivity index (χ1n) is 6.63. The van der Waals surface area contributed by atoms with Crippen molar-refractivity contribution in [3.8, 4) is 0 Å². The van der Waals surface area contributed by atoms with E-state index in [4.69, 9.17) is 10.5 Å². The van der Waals surface area contributed by atoms with Gasteiger partial charge >= 0.3 is 0 Å². The summed E-state index contributed by atoms with van der Waals surface area (Å²) >= 11 is 0. The van der Waals surface area contributed by atoms with Crippen LogP contribution in [0.2, 0.25) is 0 Å². The first kappa shape index (κ1) is 14.3. The lowest BCUT2D eigenvalue weighted by atomic mass is 10.1. The Labute approximate surface area is 118 Å². The summed E-state index contributed by atoms with van der Waals surface area (Å²) in [5.41, 5.74) is 6.82.